The number of benzene rings is 2. The molecule has 2 rings (SSSR count). The van der Waals surface area contributed by atoms with Crippen LogP contribution in [0, 0.1) is 5.92 Å². The van der Waals surface area contributed by atoms with Crippen LogP contribution in [0.25, 0.3) is 0 Å². The zero-order valence-corrected chi connectivity index (χ0v) is 16.0. The van der Waals surface area contributed by atoms with Crippen LogP contribution in [0.15, 0.2) is 48.5 Å². The maximum atomic E-state index is 12.1. The normalized spacial score (nSPS) is 10.4. The fraction of sp³-hybridized carbons (Fsp3) is 0.333. The Labute approximate surface area is 160 Å². The van der Waals surface area contributed by atoms with Gasteiger partial charge >= 0.3 is 0 Å². The van der Waals surface area contributed by atoms with E-state index in [2.05, 4.69) is 29.8 Å². The summed E-state index contributed by atoms with van der Waals surface area (Å²) < 4.78 is 5.62. The number of amides is 2. The Morgan fingerprint density at radius 3 is 2.26 bits per heavy atom. The predicted octanol–water partition coefficient (Wildman–Crippen LogP) is 4.12. The summed E-state index contributed by atoms with van der Waals surface area (Å²) >= 11 is 0. The molecule has 0 aromatic heterocycles. The molecule has 0 bridgehead atoms. The molecule has 2 aromatic carbocycles. The summed E-state index contributed by atoms with van der Waals surface area (Å²) in [6.07, 6.45) is 0.418. The predicted molar refractivity (Wildman–Crippen MR) is 109 cm³/mol. The highest BCUT2D eigenvalue weighted by molar-refractivity contribution is 5.94. The number of rotatable bonds is 9. The van der Waals surface area contributed by atoms with Crippen molar-refractivity contribution in [1.82, 2.24) is 0 Å². The summed E-state index contributed by atoms with van der Waals surface area (Å²) in [5.74, 6) is 1.04. The number of hydrogen-bond donors (Lipinski definition) is 3. The Balaban J connectivity index is 1.82. The van der Waals surface area contributed by atoms with Crippen LogP contribution in [0.1, 0.15) is 27.2 Å². The van der Waals surface area contributed by atoms with Crippen LogP contribution in [0.3, 0.4) is 0 Å². The van der Waals surface area contributed by atoms with E-state index in [0.717, 1.165) is 11.4 Å². The van der Waals surface area contributed by atoms with Gasteiger partial charge in [0.25, 0.3) is 0 Å². The summed E-state index contributed by atoms with van der Waals surface area (Å²) in [7, 11) is 0. The highest BCUT2D eigenvalue weighted by Gasteiger charge is 2.05. The minimum absolute atomic E-state index is 0.0503. The van der Waals surface area contributed by atoms with Gasteiger partial charge in [-0.15, -0.1) is 0 Å². The monoisotopic (exact) mass is 369 g/mol. The average Bonchev–Trinajstić information content (AvgIpc) is 2.66. The fourth-order valence-electron chi connectivity index (χ4n) is 2.24. The van der Waals surface area contributed by atoms with Gasteiger partial charge in [0.1, 0.15) is 5.75 Å². The molecular weight excluding hydrogens is 342 g/mol. The first-order valence-electron chi connectivity index (χ1n) is 9.12. The van der Waals surface area contributed by atoms with Gasteiger partial charge < -0.3 is 20.7 Å². The minimum Gasteiger partial charge on any atom is -0.493 e. The van der Waals surface area contributed by atoms with Gasteiger partial charge in [-0.3, -0.25) is 9.59 Å². The van der Waals surface area contributed by atoms with Crippen molar-refractivity contribution in [3.05, 3.63) is 48.5 Å². The van der Waals surface area contributed by atoms with Crippen molar-refractivity contribution in [2.75, 3.05) is 29.1 Å². The first-order chi connectivity index (χ1) is 13.0. The number of nitrogens with one attached hydrogen (secondary N) is 3. The topological polar surface area (TPSA) is 79.5 Å². The van der Waals surface area contributed by atoms with Gasteiger partial charge in [-0.2, -0.15) is 0 Å². The molecule has 0 heterocycles. The third-order valence-electron chi connectivity index (χ3n) is 3.64. The van der Waals surface area contributed by atoms with Gasteiger partial charge in [-0.25, -0.2) is 0 Å². The Morgan fingerprint density at radius 1 is 0.926 bits per heavy atom. The number of hydrogen-bond acceptors (Lipinski definition) is 4. The largest absolute Gasteiger partial charge is 0.493 e. The number of ether oxygens (including phenoxy) is 1. The summed E-state index contributed by atoms with van der Waals surface area (Å²) in [4.78, 5) is 23.6. The molecule has 2 amide bonds. The Kier molecular flexibility index (Phi) is 7.67. The highest BCUT2D eigenvalue weighted by atomic mass is 16.5. The first-order valence-corrected chi connectivity index (χ1v) is 9.12. The standard InChI is InChI=1S/C21H27N3O3/c1-4-20(25)24-18-7-5-6-17(12-18)22-13-21(26)23-16-8-10-19(11-9-16)27-14-15(2)3/h5-12,15,22H,4,13-14H2,1-3H3,(H,23,26)(H,24,25). The smallest absolute Gasteiger partial charge is 0.243 e. The number of anilines is 3. The molecule has 6 nitrogen and oxygen atoms in total. The number of carbonyl (C=O) groups is 2. The lowest BCUT2D eigenvalue weighted by molar-refractivity contribution is -0.116. The molecular formula is C21H27N3O3. The third kappa shape index (κ3) is 7.40. The maximum absolute atomic E-state index is 12.1. The molecule has 2 aromatic rings. The molecule has 0 saturated heterocycles. The molecule has 144 valence electrons. The molecule has 0 aliphatic carbocycles. The van der Waals surface area contributed by atoms with Gasteiger partial charge in [0.2, 0.25) is 11.8 Å². The van der Waals surface area contributed by atoms with E-state index in [1.165, 1.54) is 0 Å². The van der Waals surface area contributed by atoms with Crippen molar-refractivity contribution in [3.63, 3.8) is 0 Å². The Morgan fingerprint density at radius 2 is 1.59 bits per heavy atom. The summed E-state index contributed by atoms with van der Waals surface area (Å²) in [6, 6.07) is 14.6. The van der Waals surface area contributed by atoms with E-state index in [1.54, 1.807) is 13.0 Å². The SMILES string of the molecule is CCC(=O)Nc1cccc(NCC(=O)Nc2ccc(OCC(C)C)cc2)c1. The maximum Gasteiger partial charge on any atom is 0.243 e. The molecule has 0 saturated carbocycles. The second-order valence-electron chi connectivity index (χ2n) is 6.61. The van der Waals surface area contributed by atoms with E-state index in [1.807, 2.05) is 42.5 Å². The van der Waals surface area contributed by atoms with Gasteiger partial charge in [0.05, 0.1) is 13.2 Å². The van der Waals surface area contributed by atoms with Crippen LogP contribution < -0.4 is 20.7 Å². The average molecular weight is 369 g/mol. The molecule has 3 N–H and O–H groups in total. The van der Waals surface area contributed by atoms with Gasteiger partial charge in [0, 0.05) is 23.5 Å². The molecule has 0 unspecified atom stereocenters. The van der Waals surface area contributed by atoms with E-state index in [4.69, 9.17) is 4.74 Å². The highest BCUT2D eigenvalue weighted by Crippen LogP contribution is 2.17. The van der Waals surface area contributed by atoms with E-state index in [-0.39, 0.29) is 18.4 Å². The van der Waals surface area contributed by atoms with E-state index in [0.29, 0.717) is 30.3 Å². The molecule has 0 fully saturated rings. The second kappa shape index (κ2) is 10.2. The molecule has 0 radical (unpaired) electrons. The Hall–Kier alpha value is -3.02. The molecule has 0 spiro atoms. The zero-order chi connectivity index (χ0) is 19.6. The van der Waals surface area contributed by atoms with Crippen molar-refractivity contribution in [2.45, 2.75) is 27.2 Å². The number of carbonyl (C=O) groups excluding carboxylic acids is 2. The molecule has 0 atom stereocenters. The zero-order valence-electron chi connectivity index (χ0n) is 16.0. The first kappa shape index (κ1) is 20.3. The lowest BCUT2D eigenvalue weighted by atomic mass is 10.2. The van der Waals surface area contributed by atoms with Crippen molar-refractivity contribution in [3.8, 4) is 5.75 Å². The molecule has 6 heteroatoms. The van der Waals surface area contributed by atoms with Gasteiger partial charge in [-0.05, 0) is 48.4 Å². The van der Waals surface area contributed by atoms with E-state index < -0.39 is 0 Å². The van der Waals surface area contributed by atoms with Crippen molar-refractivity contribution >= 4 is 28.9 Å². The van der Waals surface area contributed by atoms with Crippen LogP contribution in [-0.4, -0.2) is 25.0 Å². The lowest BCUT2D eigenvalue weighted by Crippen LogP contribution is -2.21. The van der Waals surface area contributed by atoms with Gasteiger partial charge in [0.15, 0.2) is 0 Å². The molecule has 27 heavy (non-hydrogen) atoms. The third-order valence-corrected chi connectivity index (χ3v) is 3.64. The van der Waals surface area contributed by atoms with Crippen LogP contribution >= 0.6 is 0 Å². The minimum atomic E-state index is -0.158. The fourth-order valence-corrected chi connectivity index (χ4v) is 2.24. The quantitative estimate of drug-likeness (QED) is 0.621. The Bertz CT molecular complexity index is 758. The van der Waals surface area contributed by atoms with E-state index >= 15 is 0 Å². The summed E-state index contributed by atoms with van der Waals surface area (Å²) in [5.41, 5.74) is 2.17. The van der Waals surface area contributed by atoms with Crippen LogP contribution in [0.4, 0.5) is 17.1 Å². The molecule has 0 aliphatic heterocycles. The van der Waals surface area contributed by atoms with Crippen LogP contribution in [0.5, 0.6) is 5.75 Å². The lowest BCUT2D eigenvalue weighted by Gasteiger charge is -2.11. The van der Waals surface area contributed by atoms with Gasteiger partial charge in [-0.1, -0.05) is 26.8 Å². The van der Waals surface area contributed by atoms with Crippen LogP contribution in [0.2, 0.25) is 0 Å². The summed E-state index contributed by atoms with van der Waals surface area (Å²) in [6.45, 7) is 6.76. The summed E-state index contributed by atoms with van der Waals surface area (Å²) in [5, 5.41) is 8.68. The van der Waals surface area contributed by atoms with Crippen LogP contribution in [-0.2, 0) is 9.59 Å². The van der Waals surface area contributed by atoms with E-state index in [9.17, 15) is 9.59 Å². The van der Waals surface area contributed by atoms with Crippen molar-refractivity contribution < 1.29 is 14.3 Å². The molecule has 0 aliphatic rings. The van der Waals surface area contributed by atoms with Crippen molar-refractivity contribution in [2.24, 2.45) is 5.92 Å². The van der Waals surface area contributed by atoms with Crippen molar-refractivity contribution in [1.29, 1.82) is 0 Å². The second-order valence-corrected chi connectivity index (χ2v) is 6.61.